The van der Waals surface area contributed by atoms with E-state index in [4.69, 9.17) is 20.8 Å². The number of amides is 3. The van der Waals surface area contributed by atoms with Crippen molar-refractivity contribution in [2.24, 2.45) is 0 Å². The monoisotopic (exact) mass is 562 g/mol. The number of para-hydroxylation sites is 1. The van der Waals surface area contributed by atoms with E-state index in [0.717, 1.165) is 16.5 Å². The van der Waals surface area contributed by atoms with E-state index in [9.17, 15) is 19.2 Å². The second-order valence-electron chi connectivity index (χ2n) is 9.35. The van der Waals surface area contributed by atoms with Gasteiger partial charge >= 0.3 is 5.97 Å². The number of hydrogen-bond acceptors (Lipinski definition) is 6. The first-order valence-electron chi connectivity index (χ1n) is 12.8. The number of aromatic nitrogens is 1. The van der Waals surface area contributed by atoms with Gasteiger partial charge in [0, 0.05) is 60.3 Å². The maximum absolute atomic E-state index is 13.2. The molecule has 0 radical (unpaired) electrons. The van der Waals surface area contributed by atoms with Gasteiger partial charge in [-0.2, -0.15) is 0 Å². The first kappa shape index (κ1) is 27.0. The van der Waals surface area contributed by atoms with Crippen LogP contribution < -0.4 is 5.32 Å². The Morgan fingerprint density at radius 2 is 1.68 bits per heavy atom. The van der Waals surface area contributed by atoms with Gasteiger partial charge in [0.1, 0.15) is 6.04 Å². The molecule has 1 fully saturated rings. The molecular formula is C29H27ClN4O6. The van der Waals surface area contributed by atoms with Gasteiger partial charge < -0.3 is 29.3 Å². The first-order chi connectivity index (χ1) is 19.4. The van der Waals surface area contributed by atoms with Crippen LogP contribution in [0.5, 0.6) is 0 Å². The van der Waals surface area contributed by atoms with E-state index >= 15 is 0 Å². The second kappa shape index (κ2) is 12.1. The highest BCUT2D eigenvalue weighted by atomic mass is 35.5. The van der Waals surface area contributed by atoms with E-state index in [2.05, 4.69) is 10.3 Å². The summed E-state index contributed by atoms with van der Waals surface area (Å²) in [6.07, 6.45) is 3.38. The van der Waals surface area contributed by atoms with Crippen molar-refractivity contribution < 1.29 is 28.3 Å². The van der Waals surface area contributed by atoms with Crippen LogP contribution in [0.25, 0.3) is 10.9 Å². The normalized spacial score (nSPS) is 14.1. The molecule has 1 unspecified atom stereocenters. The molecule has 11 heteroatoms. The lowest BCUT2D eigenvalue weighted by atomic mass is 10.0. The minimum absolute atomic E-state index is 0.157. The first-order valence-corrected chi connectivity index (χ1v) is 13.2. The smallest absolute Gasteiger partial charge is 0.329 e. The number of benzene rings is 2. The zero-order chi connectivity index (χ0) is 28.1. The zero-order valence-corrected chi connectivity index (χ0v) is 22.2. The molecule has 2 aromatic carbocycles. The maximum Gasteiger partial charge on any atom is 0.329 e. The number of hydrogen-bond donors (Lipinski definition) is 2. The van der Waals surface area contributed by atoms with Crippen LogP contribution in [0.4, 0.5) is 0 Å². The topological polar surface area (TPSA) is 125 Å². The van der Waals surface area contributed by atoms with Gasteiger partial charge in [0.25, 0.3) is 17.7 Å². The third-order valence-electron chi connectivity index (χ3n) is 6.78. The Balaban J connectivity index is 1.21. The van der Waals surface area contributed by atoms with Gasteiger partial charge in [0.15, 0.2) is 12.4 Å². The van der Waals surface area contributed by atoms with Crippen molar-refractivity contribution in [2.45, 2.75) is 12.5 Å². The SMILES string of the molecule is O=C(NC(Cc1c[nH]c2ccccc12)C(=O)OCC(=O)N1CCN(C(=O)c2ccco2)CC1)c1ccc(Cl)cc1. The third kappa shape index (κ3) is 6.18. The number of nitrogens with zero attached hydrogens (tertiary/aromatic N) is 2. The zero-order valence-electron chi connectivity index (χ0n) is 21.5. The highest BCUT2D eigenvalue weighted by Crippen LogP contribution is 2.20. The molecule has 4 aromatic rings. The van der Waals surface area contributed by atoms with Gasteiger partial charge in [0.05, 0.1) is 6.26 Å². The Hall–Kier alpha value is -4.57. The standard InChI is InChI=1S/C29H27ClN4O6/c30-21-9-7-19(8-10-21)27(36)32-24(16-20-17-31-23-5-2-1-4-22(20)23)29(38)40-18-26(35)33-11-13-34(14-12-33)28(37)25-6-3-15-39-25/h1-10,15,17,24,31H,11-14,16,18H2,(H,32,36). The Labute approximate surface area is 234 Å². The van der Waals surface area contributed by atoms with E-state index < -0.39 is 24.5 Å². The van der Waals surface area contributed by atoms with Crippen molar-refractivity contribution in [1.82, 2.24) is 20.1 Å². The number of carbonyl (C=O) groups is 4. The molecule has 206 valence electrons. The largest absolute Gasteiger partial charge is 0.459 e. The number of rotatable bonds is 8. The van der Waals surface area contributed by atoms with Crippen molar-refractivity contribution in [3.05, 3.63) is 95.0 Å². The average Bonchev–Trinajstić information content (AvgIpc) is 3.66. The van der Waals surface area contributed by atoms with Crippen molar-refractivity contribution in [3.63, 3.8) is 0 Å². The summed E-state index contributed by atoms with van der Waals surface area (Å²) in [5.74, 6) is -1.57. The molecule has 1 atom stereocenters. The summed E-state index contributed by atoms with van der Waals surface area (Å²) in [7, 11) is 0. The van der Waals surface area contributed by atoms with Crippen LogP contribution in [0.2, 0.25) is 5.02 Å². The highest BCUT2D eigenvalue weighted by molar-refractivity contribution is 6.30. The van der Waals surface area contributed by atoms with Crippen molar-refractivity contribution in [2.75, 3.05) is 32.8 Å². The number of fused-ring (bicyclic) bond motifs is 1. The van der Waals surface area contributed by atoms with Gasteiger partial charge in [-0.1, -0.05) is 29.8 Å². The summed E-state index contributed by atoms with van der Waals surface area (Å²) in [6, 6.07) is 16.1. The number of aromatic amines is 1. The number of nitrogens with one attached hydrogen (secondary N) is 2. The van der Waals surface area contributed by atoms with Crippen molar-refractivity contribution in [3.8, 4) is 0 Å². The molecule has 0 aliphatic carbocycles. The number of furan rings is 1. The summed E-state index contributed by atoms with van der Waals surface area (Å²) in [6.45, 7) is 0.787. The van der Waals surface area contributed by atoms with Crippen LogP contribution in [0.1, 0.15) is 26.5 Å². The molecule has 2 N–H and O–H groups in total. The fourth-order valence-electron chi connectivity index (χ4n) is 4.60. The Kier molecular flexibility index (Phi) is 8.16. The Morgan fingerprint density at radius 3 is 2.40 bits per heavy atom. The highest BCUT2D eigenvalue weighted by Gasteiger charge is 2.29. The molecule has 2 aromatic heterocycles. The maximum atomic E-state index is 13.2. The molecular weight excluding hydrogens is 536 g/mol. The summed E-state index contributed by atoms with van der Waals surface area (Å²) >= 11 is 5.94. The lowest BCUT2D eigenvalue weighted by molar-refractivity contribution is -0.154. The molecule has 1 saturated heterocycles. The number of piperazine rings is 1. The summed E-state index contributed by atoms with van der Waals surface area (Å²) in [5.41, 5.74) is 2.05. The van der Waals surface area contributed by atoms with Crippen LogP contribution in [-0.2, 0) is 20.7 Å². The minimum atomic E-state index is -1.04. The van der Waals surface area contributed by atoms with Crippen LogP contribution in [-0.4, -0.2) is 77.3 Å². The fourth-order valence-corrected chi connectivity index (χ4v) is 4.72. The molecule has 0 spiro atoms. The quantitative estimate of drug-likeness (QED) is 0.318. The van der Waals surface area contributed by atoms with Gasteiger partial charge in [-0.15, -0.1) is 0 Å². The lowest BCUT2D eigenvalue weighted by Crippen LogP contribution is -2.52. The average molecular weight is 563 g/mol. The predicted octanol–water partition coefficient (Wildman–Crippen LogP) is 3.28. The number of esters is 1. The van der Waals surface area contributed by atoms with Crippen LogP contribution in [0.15, 0.2) is 77.5 Å². The molecule has 1 aliphatic rings. The van der Waals surface area contributed by atoms with Crippen LogP contribution >= 0.6 is 11.6 Å². The van der Waals surface area contributed by atoms with Crippen molar-refractivity contribution >= 4 is 46.2 Å². The Bertz CT molecular complexity index is 1510. The van der Waals surface area contributed by atoms with Gasteiger partial charge in [-0.25, -0.2) is 4.79 Å². The summed E-state index contributed by atoms with van der Waals surface area (Å²) < 4.78 is 10.6. The van der Waals surface area contributed by atoms with E-state index in [0.29, 0.717) is 36.8 Å². The van der Waals surface area contributed by atoms with Gasteiger partial charge in [-0.3, -0.25) is 14.4 Å². The molecule has 1 aliphatic heterocycles. The number of carbonyl (C=O) groups excluding carboxylic acids is 4. The van der Waals surface area contributed by atoms with Crippen molar-refractivity contribution in [1.29, 1.82) is 0 Å². The van der Waals surface area contributed by atoms with E-state index in [1.165, 1.54) is 6.26 Å². The molecule has 10 nitrogen and oxygen atoms in total. The van der Waals surface area contributed by atoms with Crippen LogP contribution in [0, 0.1) is 0 Å². The van der Waals surface area contributed by atoms with E-state index in [1.807, 2.05) is 24.3 Å². The molecule has 3 amide bonds. The molecule has 5 rings (SSSR count). The van der Waals surface area contributed by atoms with Crippen LogP contribution in [0.3, 0.4) is 0 Å². The lowest BCUT2D eigenvalue weighted by Gasteiger charge is -2.34. The predicted molar refractivity (Wildman–Crippen MR) is 147 cm³/mol. The molecule has 0 bridgehead atoms. The molecule has 40 heavy (non-hydrogen) atoms. The number of H-pyrrole nitrogens is 1. The summed E-state index contributed by atoms with van der Waals surface area (Å²) in [4.78, 5) is 57.7. The number of halogens is 1. The van der Waals surface area contributed by atoms with Gasteiger partial charge in [0.2, 0.25) is 0 Å². The third-order valence-corrected chi connectivity index (χ3v) is 7.04. The molecule has 0 saturated carbocycles. The number of ether oxygens (including phenoxy) is 1. The molecule has 3 heterocycles. The minimum Gasteiger partial charge on any atom is -0.459 e. The fraction of sp³-hybridized carbons (Fsp3) is 0.241. The van der Waals surface area contributed by atoms with E-state index in [1.54, 1.807) is 52.4 Å². The summed E-state index contributed by atoms with van der Waals surface area (Å²) in [5, 5.41) is 4.14. The Morgan fingerprint density at radius 1 is 0.950 bits per heavy atom. The van der Waals surface area contributed by atoms with Gasteiger partial charge in [-0.05, 0) is 48.0 Å². The second-order valence-corrected chi connectivity index (χ2v) is 9.79. The van der Waals surface area contributed by atoms with E-state index in [-0.39, 0.29) is 24.0 Å².